The Morgan fingerprint density at radius 3 is 2.66 bits per heavy atom. The summed E-state index contributed by atoms with van der Waals surface area (Å²) in [5, 5.41) is 12.7. The summed E-state index contributed by atoms with van der Waals surface area (Å²) >= 11 is 1.49. The van der Waals surface area contributed by atoms with Gasteiger partial charge in [0.2, 0.25) is 11.9 Å². The number of nitrogens with zero attached hydrogens (tertiary/aromatic N) is 6. The van der Waals surface area contributed by atoms with Gasteiger partial charge in [-0.3, -0.25) is 4.57 Å². The lowest BCUT2D eigenvalue weighted by molar-refractivity contribution is 0.185. The fourth-order valence-electron chi connectivity index (χ4n) is 3.12. The molecule has 0 aliphatic rings. The lowest BCUT2D eigenvalue weighted by atomic mass is 10.1. The van der Waals surface area contributed by atoms with Crippen molar-refractivity contribution in [1.29, 1.82) is 0 Å². The minimum Gasteiger partial charge on any atom is -0.383 e. The van der Waals surface area contributed by atoms with Crippen LogP contribution in [0.25, 0.3) is 11.4 Å². The molecule has 10 heteroatoms. The molecule has 0 spiro atoms. The smallest absolute Gasteiger partial charge is 0.232 e. The van der Waals surface area contributed by atoms with Gasteiger partial charge in [-0.25, -0.2) is 0 Å². The largest absolute Gasteiger partial charge is 0.383 e. The highest BCUT2D eigenvalue weighted by Crippen LogP contribution is 2.26. The van der Waals surface area contributed by atoms with Crippen LogP contribution < -0.4 is 11.1 Å². The first-order chi connectivity index (χ1) is 15.6. The number of hydrogen-bond acceptors (Lipinski definition) is 9. The Kier molecular flexibility index (Phi) is 6.93. The van der Waals surface area contributed by atoms with Crippen LogP contribution in [-0.4, -0.2) is 43.4 Å². The zero-order valence-corrected chi connectivity index (χ0v) is 18.7. The second-order valence-corrected chi connectivity index (χ2v) is 7.98. The van der Waals surface area contributed by atoms with Crippen molar-refractivity contribution in [3.05, 3.63) is 66.0 Å². The molecule has 2 aromatic carbocycles. The number of rotatable bonds is 9. The average Bonchev–Trinajstić information content (AvgIpc) is 3.19. The van der Waals surface area contributed by atoms with Gasteiger partial charge in [0, 0.05) is 18.4 Å². The van der Waals surface area contributed by atoms with E-state index in [-0.39, 0.29) is 5.95 Å². The number of ether oxygens (including phenoxy) is 1. The maximum absolute atomic E-state index is 5.91. The molecule has 0 fully saturated rings. The van der Waals surface area contributed by atoms with Crippen molar-refractivity contribution in [3.8, 4) is 11.4 Å². The number of anilines is 3. The Morgan fingerprint density at radius 2 is 1.88 bits per heavy atom. The zero-order valence-electron chi connectivity index (χ0n) is 17.9. The molecule has 164 valence electrons. The molecule has 0 unspecified atom stereocenters. The van der Waals surface area contributed by atoms with E-state index in [0.717, 1.165) is 27.8 Å². The lowest BCUT2D eigenvalue weighted by Gasteiger charge is -2.10. The maximum Gasteiger partial charge on any atom is 0.232 e. The molecule has 4 rings (SSSR count). The SMILES string of the molecule is COCCn1c(SCc2nc(N)nc(Nc3ccccc3)n2)nnc1-c1cccc(C)c1. The van der Waals surface area contributed by atoms with Gasteiger partial charge < -0.3 is 15.8 Å². The van der Waals surface area contributed by atoms with Gasteiger partial charge in [-0.2, -0.15) is 15.0 Å². The summed E-state index contributed by atoms with van der Waals surface area (Å²) in [6.07, 6.45) is 0. The van der Waals surface area contributed by atoms with Gasteiger partial charge in [-0.1, -0.05) is 53.7 Å². The van der Waals surface area contributed by atoms with Crippen LogP contribution in [0, 0.1) is 6.92 Å². The second kappa shape index (κ2) is 10.2. The van der Waals surface area contributed by atoms with E-state index in [1.54, 1.807) is 7.11 Å². The highest BCUT2D eigenvalue weighted by Gasteiger charge is 2.16. The first-order valence-electron chi connectivity index (χ1n) is 10.1. The Morgan fingerprint density at radius 1 is 1.03 bits per heavy atom. The van der Waals surface area contributed by atoms with Gasteiger partial charge in [0.1, 0.15) is 5.82 Å². The van der Waals surface area contributed by atoms with E-state index in [0.29, 0.717) is 30.7 Å². The molecule has 32 heavy (non-hydrogen) atoms. The van der Waals surface area contributed by atoms with Crippen molar-refractivity contribution in [2.75, 3.05) is 24.8 Å². The van der Waals surface area contributed by atoms with Crippen molar-refractivity contribution in [2.24, 2.45) is 0 Å². The number of nitrogen functional groups attached to an aromatic ring is 1. The molecule has 3 N–H and O–H groups in total. The van der Waals surface area contributed by atoms with Gasteiger partial charge in [0.25, 0.3) is 0 Å². The molecule has 9 nitrogen and oxygen atoms in total. The summed E-state index contributed by atoms with van der Waals surface area (Å²) in [6, 6.07) is 17.9. The molecular formula is C22H24N8OS. The maximum atomic E-state index is 5.91. The highest BCUT2D eigenvalue weighted by molar-refractivity contribution is 7.98. The van der Waals surface area contributed by atoms with Crippen LogP contribution in [-0.2, 0) is 17.0 Å². The summed E-state index contributed by atoms with van der Waals surface area (Å²) in [4.78, 5) is 12.9. The minimum atomic E-state index is 0.162. The first-order valence-corrected chi connectivity index (χ1v) is 11.1. The molecule has 0 aliphatic carbocycles. The zero-order chi connectivity index (χ0) is 22.3. The molecule has 0 saturated heterocycles. The number of methoxy groups -OCH3 is 1. The fraction of sp³-hybridized carbons (Fsp3) is 0.227. The quantitative estimate of drug-likeness (QED) is 0.370. The third kappa shape index (κ3) is 5.40. The number of nitrogens with one attached hydrogen (secondary N) is 1. The third-order valence-corrected chi connectivity index (χ3v) is 5.53. The predicted octanol–water partition coefficient (Wildman–Crippen LogP) is 3.70. The van der Waals surface area contributed by atoms with E-state index in [9.17, 15) is 0 Å². The topological polar surface area (TPSA) is 117 Å². The standard InChI is InChI=1S/C22H24N8OS/c1-15-7-6-8-16(13-15)19-28-29-22(30(19)11-12-31-2)32-14-18-25-20(23)27-21(26-18)24-17-9-4-3-5-10-17/h3-10,13H,11-12,14H2,1-2H3,(H3,23,24,25,26,27). The Bertz CT molecular complexity index is 1180. The van der Waals surface area contributed by atoms with Crippen LogP contribution in [0.4, 0.5) is 17.6 Å². The summed E-state index contributed by atoms with van der Waals surface area (Å²) in [5.41, 5.74) is 8.96. The van der Waals surface area contributed by atoms with E-state index in [4.69, 9.17) is 10.5 Å². The summed E-state index contributed by atoms with van der Waals surface area (Å²) in [7, 11) is 1.68. The Balaban J connectivity index is 1.54. The Labute approximate surface area is 190 Å². The van der Waals surface area contributed by atoms with Crippen LogP contribution in [0.1, 0.15) is 11.4 Å². The molecule has 0 aliphatic heterocycles. The predicted molar refractivity (Wildman–Crippen MR) is 126 cm³/mol. The van der Waals surface area contributed by atoms with E-state index < -0.39 is 0 Å². The molecule has 2 heterocycles. The summed E-state index contributed by atoms with van der Waals surface area (Å²) in [6.45, 7) is 3.24. The van der Waals surface area contributed by atoms with Gasteiger partial charge in [-0.15, -0.1) is 10.2 Å². The van der Waals surface area contributed by atoms with Gasteiger partial charge in [-0.05, 0) is 25.1 Å². The number of benzene rings is 2. The molecule has 0 bridgehead atoms. The number of hydrogen-bond donors (Lipinski definition) is 2. The molecule has 0 radical (unpaired) electrons. The van der Waals surface area contributed by atoms with Crippen molar-refractivity contribution < 1.29 is 4.74 Å². The van der Waals surface area contributed by atoms with Gasteiger partial charge in [0.05, 0.1) is 18.9 Å². The number of nitrogens with two attached hydrogens (primary N) is 1. The van der Waals surface area contributed by atoms with Crippen molar-refractivity contribution in [2.45, 2.75) is 24.4 Å². The molecule has 2 aromatic heterocycles. The molecule has 4 aromatic rings. The molecule has 0 saturated carbocycles. The Hall–Kier alpha value is -3.50. The van der Waals surface area contributed by atoms with Crippen molar-refractivity contribution in [1.82, 2.24) is 29.7 Å². The van der Waals surface area contributed by atoms with Crippen LogP contribution in [0.3, 0.4) is 0 Å². The molecule has 0 atom stereocenters. The highest BCUT2D eigenvalue weighted by atomic mass is 32.2. The first kappa shape index (κ1) is 21.7. The number of thioether (sulfide) groups is 1. The molecule has 0 amide bonds. The number of aryl methyl sites for hydroxylation is 1. The van der Waals surface area contributed by atoms with E-state index >= 15 is 0 Å². The summed E-state index contributed by atoms with van der Waals surface area (Å²) in [5.74, 6) is 2.39. The normalized spacial score (nSPS) is 10.9. The number of aromatic nitrogens is 6. The van der Waals surface area contributed by atoms with Crippen molar-refractivity contribution >= 4 is 29.3 Å². The fourth-order valence-corrected chi connectivity index (χ4v) is 3.93. The van der Waals surface area contributed by atoms with E-state index in [2.05, 4.69) is 54.1 Å². The third-order valence-electron chi connectivity index (χ3n) is 4.57. The van der Waals surface area contributed by atoms with Crippen LogP contribution in [0.5, 0.6) is 0 Å². The van der Waals surface area contributed by atoms with Crippen LogP contribution in [0.15, 0.2) is 59.8 Å². The van der Waals surface area contributed by atoms with E-state index in [1.165, 1.54) is 11.8 Å². The van der Waals surface area contributed by atoms with E-state index in [1.807, 2.05) is 42.5 Å². The lowest BCUT2D eigenvalue weighted by Crippen LogP contribution is -2.09. The van der Waals surface area contributed by atoms with Gasteiger partial charge >= 0.3 is 0 Å². The molecular weight excluding hydrogens is 424 g/mol. The number of para-hydroxylation sites is 1. The summed E-state index contributed by atoms with van der Waals surface area (Å²) < 4.78 is 7.34. The monoisotopic (exact) mass is 448 g/mol. The average molecular weight is 449 g/mol. The minimum absolute atomic E-state index is 0.162. The van der Waals surface area contributed by atoms with Crippen LogP contribution in [0.2, 0.25) is 0 Å². The van der Waals surface area contributed by atoms with Crippen molar-refractivity contribution in [3.63, 3.8) is 0 Å². The van der Waals surface area contributed by atoms with Crippen LogP contribution >= 0.6 is 11.8 Å². The van der Waals surface area contributed by atoms with Gasteiger partial charge in [0.15, 0.2) is 11.0 Å². The second-order valence-electron chi connectivity index (χ2n) is 7.03.